The zero-order valence-electron chi connectivity index (χ0n) is 7.18. The van der Waals surface area contributed by atoms with Crippen molar-refractivity contribution in [1.29, 1.82) is 0 Å². The Morgan fingerprint density at radius 1 is 1.21 bits per heavy atom. The smallest absolute Gasteiger partial charge is 0.423 e. The van der Waals surface area contributed by atoms with Gasteiger partial charge in [0.05, 0.1) is 5.52 Å². The van der Waals surface area contributed by atoms with Gasteiger partial charge in [-0.15, -0.1) is 0 Å². The quantitative estimate of drug-likeness (QED) is 0.596. The molecule has 70 valence electrons. The van der Waals surface area contributed by atoms with E-state index in [1.54, 1.807) is 6.07 Å². The molecule has 1 aromatic heterocycles. The fourth-order valence-electron chi connectivity index (χ4n) is 1.26. The van der Waals surface area contributed by atoms with Gasteiger partial charge in [0, 0.05) is 20.6 Å². The molecule has 2 aromatic rings. The summed E-state index contributed by atoms with van der Waals surface area (Å²) >= 11 is 2.20. The first kappa shape index (κ1) is 9.88. The first-order valence-corrected chi connectivity index (χ1v) is 5.16. The van der Waals surface area contributed by atoms with Crippen LogP contribution >= 0.6 is 22.6 Å². The summed E-state index contributed by atoms with van der Waals surface area (Å²) < 4.78 is 1.10. The highest BCUT2D eigenvalue weighted by Crippen LogP contribution is 2.13. The Morgan fingerprint density at radius 3 is 2.71 bits per heavy atom. The number of rotatable bonds is 1. The van der Waals surface area contributed by atoms with Crippen LogP contribution in [0.5, 0.6) is 0 Å². The topological polar surface area (TPSA) is 53.4 Å². The zero-order chi connectivity index (χ0) is 10.1. The van der Waals surface area contributed by atoms with Crippen LogP contribution in [0.1, 0.15) is 0 Å². The van der Waals surface area contributed by atoms with Gasteiger partial charge < -0.3 is 10.0 Å². The highest BCUT2D eigenvalue weighted by molar-refractivity contribution is 14.1. The largest absolute Gasteiger partial charge is 0.490 e. The summed E-state index contributed by atoms with van der Waals surface area (Å²) in [5, 5.41) is 18.9. The molecule has 0 aliphatic heterocycles. The van der Waals surface area contributed by atoms with Gasteiger partial charge in [-0.05, 0) is 40.8 Å². The maximum Gasteiger partial charge on any atom is 0.490 e. The predicted octanol–water partition coefficient (Wildman–Crippen LogP) is 0.519. The molecule has 0 amide bonds. The SMILES string of the molecule is OB(O)c1cnc2ccc(I)cc2c1. The second-order valence-electron chi connectivity index (χ2n) is 2.98. The number of aromatic nitrogens is 1. The van der Waals surface area contributed by atoms with Gasteiger partial charge in [0.15, 0.2) is 0 Å². The second kappa shape index (κ2) is 3.84. The first-order valence-electron chi connectivity index (χ1n) is 4.08. The van der Waals surface area contributed by atoms with Crippen LogP contribution in [0.2, 0.25) is 0 Å². The summed E-state index contributed by atoms with van der Waals surface area (Å²) in [5.41, 5.74) is 1.27. The lowest BCUT2D eigenvalue weighted by molar-refractivity contribution is 0.425. The second-order valence-corrected chi connectivity index (χ2v) is 4.22. The Labute approximate surface area is 95.1 Å². The van der Waals surface area contributed by atoms with E-state index >= 15 is 0 Å². The molecule has 0 bridgehead atoms. The van der Waals surface area contributed by atoms with E-state index in [2.05, 4.69) is 27.6 Å². The molecule has 0 saturated carbocycles. The first-order chi connectivity index (χ1) is 6.66. The van der Waals surface area contributed by atoms with Crippen molar-refractivity contribution in [1.82, 2.24) is 4.98 Å². The third-order valence-corrected chi connectivity index (χ3v) is 2.63. The molecule has 0 aliphatic rings. The molecule has 0 fully saturated rings. The van der Waals surface area contributed by atoms with Gasteiger partial charge in [-0.1, -0.05) is 6.07 Å². The minimum absolute atomic E-state index is 0.416. The highest BCUT2D eigenvalue weighted by Gasteiger charge is 2.11. The Hall–Kier alpha value is -0.655. The van der Waals surface area contributed by atoms with Crippen molar-refractivity contribution in [3.63, 3.8) is 0 Å². The van der Waals surface area contributed by atoms with Crippen LogP contribution in [-0.2, 0) is 0 Å². The van der Waals surface area contributed by atoms with E-state index in [4.69, 9.17) is 10.0 Å². The van der Waals surface area contributed by atoms with Crippen molar-refractivity contribution >= 4 is 46.1 Å². The number of benzene rings is 1. The standard InChI is InChI=1S/C9H7BINO2/c11-8-1-2-9-6(4-8)3-7(5-12-9)10(13)14/h1-5,13-14H. The molecule has 0 saturated heterocycles. The van der Waals surface area contributed by atoms with E-state index in [1.807, 2.05) is 18.2 Å². The van der Waals surface area contributed by atoms with E-state index in [0.717, 1.165) is 14.5 Å². The van der Waals surface area contributed by atoms with Crippen molar-refractivity contribution in [2.24, 2.45) is 0 Å². The number of nitrogens with zero attached hydrogens (tertiary/aromatic N) is 1. The molecular formula is C9H7BINO2. The fraction of sp³-hybridized carbons (Fsp3) is 0. The van der Waals surface area contributed by atoms with E-state index < -0.39 is 7.12 Å². The summed E-state index contributed by atoms with van der Waals surface area (Å²) in [6.07, 6.45) is 1.47. The van der Waals surface area contributed by atoms with Crippen LogP contribution in [0.25, 0.3) is 10.9 Å². The lowest BCUT2D eigenvalue weighted by Crippen LogP contribution is -2.29. The van der Waals surface area contributed by atoms with Crippen molar-refractivity contribution in [2.45, 2.75) is 0 Å². The summed E-state index contributed by atoms with van der Waals surface area (Å²) in [7, 11) is -1.45. The average molecular weight is 299 g/mol. The predicted molar refractivity (Wildman–Crippen MR) is 64.3 cm³/mol. The fourth-order valence-corrected chi connectivity index (χ4v) is 1.78. The van der Waals surface area contributed by atoms with Crippen LogP contribution in [0, 0.1) is 3.57 Å². The van der Waals surface area contributed by atoms with Crippen molar-refractivity contribution < 1.29 is 10.0 Å². The van der Waals surface area contributed by atoms with Gasteiger partial charge in [-0.25, -0.2) is 0 Å². The third kappa shape index (κ3) is 1.89. The monoisotopic (exact) mass is 299 g/mol. The lowest BCUT2D eigenvalue weighted by atomic mass is 9.81. The average Bonchev–Trinajstić information content (AvgIpc) is 2.16. The highest BCUT2D eigenvalue weighted by atomic mass is 127. The number of halogens is 1. The van der Waals surface area contributed by atoms with Crippen molar-refractivity contribution in [3.8, 4) is 0 Å². The van der Waals surface area contributed by atoms with Crippen LogP contribution in [-0.4, -0.2) is 22.2 Å². The third-order valence-electron chi connectivity index (χ3n) is 1.96. The van der Waals surface area contributed by atoms with Crippen LogP contribution in [0.4, 0.5) is 0 Å². The number of fused-ring (bicyclic) bond motifs is 1. The molecule has 1 aromatic carbocycles. The Kier molecular flexibility index (Phi) is 2.71. The number of pyridine rings is 1. The molecule has 0 spiro atoms. The van der Waals surface area contributed by atoms with Gasteiger partial charge in [0.25, 0.3) is 0 Å². The van der Waals surface area contributed by atoms with E-state index in [1.165, 1.54) is 6.20 Å². The number of hydrogen-bond donors (Lipinski definition) is 2. The Bertz CT molecular complexity index is 475. The van der Waals surface area contributed by atoms with Gasteiger partial charge in [-0.2, -0.15) is 0 Å². The minimum Gasteiger partial charge on any atom is -0.423 e. The minimum atomic E-state index is -1.45. The molecule has 14 heavy (non-hydrogen) atoms. The van der Waals surface area contributed by atoms with Gasteiger partial charge in [0.2, 0.25) is 0 Å². The molecule has 0 radical (unpaired) electrons. The molecule has 2 rings (SSSR count). The molecule has 0 atom stereocenters. The van der Waals surface area contributed by atoms with Gasteiger partial charge >= 0.3 is 7.12 Å². The molecule has 3 nitrogen and oxygen atoms in total. The van der Waals surface area contributed by atoms with Crippen LogP contribution in [0.15, 0.2) is 30.5 Å². The molecule has 0 aliphatic carbocycles. The molecular weight excluding hydrogens is 292 g/mol. The van der Waals surface area contributed by atoms with Crippen LogP contribution in [0.3, 0.4) is 0 Å². The molecule has 5 heteroatoms. The molecule has 0 unspecified atom stereocenters. The summed E-state index contributed by atoms with van der Waals surface area (Å²) in [5.74, 6) is 0. The van der Waals surface area contributed by atoms with Gasteiger partial charge in [0.1, 0.15) is 0 Å². The van der Waals surface area contributed by atoms with E-state index in [-0.39, 0.29) is 0 Å². The maximum absolute atomic E-state index is 8.97. The Morgan fingerprint density at radius 2 is 2.00 bits per heavy atom. The van der Waals surface area contributed by atoms with Crippen LogP contribution < -0.4 is 5.46 Å². The lowest BCUT2D eigenvalue weighted by Gasteiger charge is -2.01. The Balaban J connectivity index is 2.63. The van der Waals surface area contributed by atoms with Crippen molar-refractivity contribution in [3.05, 3.63) is 34.0 Å². The van der Waals surface area contributed by atoms with Crippen molar-refractivity contribution in [2.75, 3.05) is 0 Å². The summed E-state index contributed by atoms with van der Waals surface area (Å²) in [4.78, 5) is 4.12. The summed E-state index contributed by atoms with van der Waals surface area (Å²) in [6, 6.07) is 7.56. The molecule has 2 N–H and O–H groups in total. The molecule has 1 heterocycles. The summed E-state index contributed by atoms with van der Waals surface area (Å²) in [6.45, 7) is 0. The van der Waals surface area contributed by atoms with Gasteiger partial charge in [-0.3, -0.25) is 4.98 Å². The van der Waals surface area contributed by atoms with E-state index in [9.17, 15) is 0 Å². The number of hydrogen-bond acceptors (Lipinski definition) is 3. The maximum atomic E-state index is 8.97. The zero-order valence-corrected chi connectivity index (χ0v) is 9.34. The van der Waals surface area contributed by atoms with E-state index in [0.29, 0.717) is 5.46 Å². The normalized spacial score (nSPS) is 10.5.